The van der Waals surface area contributed by atoms with Crippen LogP contribution in [0.2, 0.25) is 5.02 Å². The van der Waals surface area contributed by atoms with Crippen LogP contribution in [-0.2, 0) is 13.1 Å². The average Bonchev–Trinajstić information content (AvgIpc) is 3.45. The number of nitrogens with one attached hydrogen (secondary N) is 2. The second kappa shape index (κ2) is 9.80. The van der Waals surface area contributed by atoms with Gasteiger partial charge in [0.15, 0.2) is 11.6 Å². The summed E-state index contributed by atoms with van der Waals surface area (Å²) in [6, 6.07) is 15.4. The first-order valence-corrected chi connectivity index (χ1v) is 11.9. The summed E-state index contributed by atoms with van der Waals surface area (Å²) in [6.45, 7) is 0.247. The second-order valence-corrected chi connectivity index (χ2v) is 9.12. The highest BCUT2D eigenvalue weighted by atomic mass is 35.5. The van der Waals surface area contributed by atoms with E-state index in [1.165, 1.54) is 0 Å². The number of fused-ring (bicyclic) bond motifs is 3. The van der Waals surface area contributed by atoms with Gasteiger partial charge in [-0.05, 0) is 24.3 Å². The third-order valence-electron chi connectivity index (χ3n) is 5.42. The van der Waals surface area contributed by atoms with E-state index in [0.29, 0.717) is 49.9 Å². The molecule has 0 saturated carbocycles. The molecule has 5 rings (SSSR count). The lowest BCUT2D eigenvalue weighted by molar-refractivity contribution is 0.0702. The monoisotopic (exact) mass is 522 g/mol. The molecule has 2 amide bonds. The van der Waals surface area contributed by atoms with Crippen LogP contribution in [0, 0.1) is 0 Å². The highest BCUT2D eigenvalue weighted by Gasteiger charge is 2.28. The van der Waals surface area contributed by atoms with Gasteiger partial charge >= 0.3 is 12.0 Å². The van der Waals surface area contributed by atoms with Crippen LogP contribution in [0.5, 0.6) is 5.75 Å². The van der Waals surface area contributed by atoms with Crippen LogP contribution in [0.4, 0.5) is 10.5 Å². The first-order valence-electron chi connectivity index (χ1n) is 10.7. The summed E-state index contributed by atoms with van der Waals surface area (Å²) in [7, 11) is 1.55. The number of hydrogen-bond donors (Lipinski definition) is 3. The van der Waals surface area contributed by atoms with Crippen LogP contribution in [0.3, 0.4) is 0 Å². The molecule has 36 heavy (non-hydrogen) atoms. The smallest absolute Gasteiger partial charge is 0.345 e. The molecule has 0 radical (unpaired) electrons. The third-order valence-corrected chi connectivity index (χ3v) is 6.86. The number of ether oxygens (including phenoxy) is 1. The number of rotatable bonds is 6. The number of hydrogen-bond acceptors (Lipinski definition) is 7. The summed E-state index contributed by atoms with van der Waals surface area (Å²) in [6.07, 6.45) is 0. The highest BCUT2D eigenvalue weighted by Crippen LogP contribution is 2.34. The van der Waals surface area contributed by atoms with Gasteiger partial charge in [0.25, 0.3) is 0 Å². The molecule has 2 aromatic carbocycles. The van der Waals surface area contributed by atoms with Crippen molar-refractivity contribution >= 4 is 46.3 Å². The number of benzene rings is 2. The number of carboxylic acids is 1. The predicted octanol–water partition coefficient (Wildman–Crippen LogP) is 4.36. The normalized spacial score (nSPS) is 12.1. The van der Waals surface area contributed by atoms with Crippen LogP contribution >= 0.6 is 22.9 Å². The molecular formula is C24H19ClN6O4S. The average molecular weight is 523 g/mol. The van der Waals surface area contributed by atoms with Crippen LogP contribution in [0.1, 0.15) is 32.4 Å². The van der Waals surface area contributed by atoms with E-state index in [9.17, 15) is 14.7 Å². The van der Waals surface area contributed by atoms with Gasteiger partial charge < -0.3 is 20.5 Å². The Bertz CT molecular complexity index is 1510. The molecule has 2 aromatic heterocycles. The Balaban J connectivity index is 1.45. The van der Waals surface area contributed by atoms with Crippen molar-refractivity contribution in [1.29, 1.82) is 0 Å². The zero-order valence-electron chi connectivity index (χ0n) is 18.9. The summed E-state index contributed by atoms with van der Waals surface area (Å²) in [4.78, 5) is 29.2. The number of carbonyl (C=O) groups excluding carboxylic acids is 1. The Morgan fingerprint density at radius 2 is 1.97 bits per heavy atom. The van der Waals surface area contributed by atoms with E-state index >= 15 is 0 Å². The number of aromatic nitrogens is 3. The third kappa shape index (κ3) is 4.53. The minimum absolute atomic E-state index is 0.0456. The van der Waals surface area contributed by atoms with E-state index < -0.39 is 12.0 Å². The van der Waals surface area contributed by atoms with E-state index in [2.05, 4.69) is 20.8 Å². The van der Waals surface area contributed by atoms with E-state index in [4.69, 9.17) is 21.3 Å². The second-order valence-electron chi connectivity index (χ2n) is 7.69. The maximum Gasteiger partial charge on any atom is 0.345 e. The van der Waals surface area contributed by atoms with Gasteiger partial charge in [0.05, 0.1) is 19.4 Å². The summed E-state index contributed by atoms with van der Waals surface area (Å²) in [5.74, 6) is 0.506. The SMILES string of the molecule is COc1cccc(NC(=O)NCc2nnc3n2-c2sc(C(=O)O)cc2C(c2ccccc2Cl)=NC3)c1. The fourth-order valence-corrected chi connectivity index (χ4v) is 5.05. The zero-order valence-corrected chi connectivity index (χ0v) is 20.4. The number of carboxylic acid groups (broad SMARTS) is 1. The van der Waals surface area contributed by atoms with E-state index in [-0.39, 0.29) is 18.0 Å². The molecule has 3 N–H and O–H groups in total. The molecule has 1 aliphatic rings. The number of halogens is 1. The van der Waals surface area contributed by atoms with Crippen molar-refractivity contribution in [2.75, 3.05) is 12.4 Å². The molecule has 10 nitrogen and oxygen atoms in total. The standard InChI is InChI=1S/C24H19ClN6O4S/c1-35-14-6-4-5-13(9-14)28-24(34)27-12-20-30-29-19-11-26-21(15-7-2-3-8-17(15)25)16-10-18(23(32)33)36-22(16)31(19)20/h2-10H,11-12H2,1H3,(H,32,33)(H2,27,28,34). The first-order chi connectivity index (χ1) is 17.4. The summed E-state index contributed by atoms with van der Waals surface area (Å²) in [5, 5.41) is 24.7. The number of methoxy groups -OCH3 is 1. The van der Waals surface area contributed by atoms with Crippen molar-refractivity contribution in [3.63, 3.8) is 0 Å². The Morgan fingerprint density at radius 1 is 1.14 bits per heavy atom. The predicted molar refractivity (Wildman–Crippen MR) is 136 cm³/mol. The molecule has 0 saturated heterocycles. The lowest BCUT2D eigenvalue weighted by Crippen LogP contribution is -2.29. The maximum atomic E-state index is 12.5. The van der Waals surface area contributed by atoms with E-state index in [0.717, 1.165) is 11.3 Å². The molecule has 4 aromatic rings. The van der Waals surface area contributed by atoms with Gasteiger partial charge in [-0.25, -0.2) is 9.59 Å². The molecule has 182 valence electrons. The maximum absolute atomic E-state index is 12.5. The van der Waals surface area contributed by atoms with Crippen LogP contribution in [0.15, 0.2) is 59.6 Å². The number of anilines is 1. The molecular weight excluding hydrogens is 504 g/mol. The molecule has 0 unspecified atom stereocenters. The zero-order chi connectivity index (χ0) is 25.2. The minimum Gasteiger partial charge on any atom is -0.497 e. The molecule has 0 aliphatic carbocycles. The summed E-state index contributed by atoms with van der Waals surface area (Å²) >= 11 is 7.52. The molecule has 0 bridgehead atoms. The molecule has 0 atom stereocenters. The highest BCUT2D eigenvalue weighted by molar-refractivity contribution is 7.16. The number of amides is 2. The van der Waals surface area contributed by atoms with Gasteiger partial charge in [-0.15, -0.1) is 21.5 Å². The molecule has 12 heteroatoms. The summed E-state index contributed by atoms with van der Waals surface area (Å²) in [5.41, 5.74) is 2.42. The number of nitrogens with zero attached hydrogens (tertiary/aromatic N) is 4. The number of carbonyl (C=O) groups is 2. The van der Waals surface area contributed by atoms with Gasteiger partial charge in [-0.1, -0.05) is 35.9 Å². The molecule has 0 spiro atoms. The van der Waals surface area contributed by atoms with Gasteiger partial charge in [0, 0.05) is 27.9 Å². The van der Waals surface area contributed by atoms with E-state index in [1.807, 2.05) is 18.2 Å². The van der Waals surface area contributed by atoms with Crippen molar-refractivity contribution in [2.45, 2.75) is 13.1 Å². The van der Waals surface area contributed by atoms with Gasteiger partial charge in [0.1, 0.15) is 22.2 Å². The lowest BCUT2D eigenvalue weighted by atomic mass is 10.0. The largest absolute Gasteiger partial charge is 0.497 e. The lowest BCUT2D eigenvalue weighted by Gasteiger charge is -2.11. The molecule has 3 heterocycles. The Kier molecular flexibility index (Phi) is 6.40. The number of thiophene rings is 1. The molecule has 0 fully saturated rings. The van der Waals surface area contributed by atoms with E-state index in [1.54, 1.807) is 48.1 Å². The van der Waals surface area contributed by atoms with Crippen LogP contribution in [0.25, 0.3) is 5.00 Å². The Labute approximate surface area is 214 Å². The van der Waals surface area contributed by atoms with Gasteiger partial charge in [-0.2, -0.15) is 0 Å². The van der Waals surface area contributed by atoms with Crippen molar-refractivity contribution in [1.82, 2.24) is 20.1 Å². The minimum atomic E-state index is -1.06. The quantitative estimate of drug-likeness (QED) is 0.345. The topological polar surface area (TPSA) is 131 Å². The Morgan fingerprint density at radius 3 is 2.75 bits per heavy atom. The fraction of sp³-hybridized carbons (Fsp3) is 0.125. The fourth-order valence-electron chi connectivity index (χ4n) is 3.78. The number of aromatic carboxylic acids is 1. The number of urea groups is 1. The Hall–Kier alpha value is -4.22. The number of aliphatic imine (C=N–C) groups is 1. The van der Waals surface area contributed by atoms with Crippen molar-refractivity contribution in [3.8, 4) is 10.8 Å². The molecule has 1 aliphatic heterocycles. The van der Waals surface area contributed by atoms with Crippen molar-refractivity contribution in [3.05, 3.63) is 87.3 Å². The first kappa shape index (κ1) is 23.5. The van der Waals surface area contributed by atoms with Crippen LogP contribution < -0.4 is 15.4 Å². The van der Waals surface area contributed by atoms with Gasteiger partial charge in [0.2, 0.25) is 0 Å². The van der Waals surface area contributed by atoms with Gasteiger partial charge in [-0.3, -0.25) is 9.56 Å². The summed E-state index contributed by atoms with van der Waals surface area (Å²) < 4.78 is 6.92. The van der Waals surface area contributed by atoms with Crippen molar-refractivity contribution < 1.29 is 19.4 Å². The van der Waals surface area contributed by atoms with Crippen LogP contribution in [-0.4, -0.2) is 44.7 Å². The van der Waals surface area contributed by atoms with Crippen molar-refractivity contribution in [2.24, 2.45) is 4.99 Å².